The van der Waals surface area contributed by atoms with Crippen LogP contribution in [0.25, 0.3) is 0 Å². The van der Waals surface area contributed by atoms with Crippen LogP contribution < -0.4 is 5.73 Å². The van der Waals surface area contributed by atoms with Gasteiger partial charge in [0.2, 0.25) is 0 Å². The van der Waals surface area contributed by atoms with Crippen molar-refractivity contribution < 1.29 is 13.9 Å². The molecule has 0 aliphatic carbocycles. The van der Waals surface area contributed by atoms with E-state index in [2.05, 4.69) is 0 Å². The Morgan fingerprint density at radius 1 is 1.18 bits per heavy atom. The number of carbonyl (C=O) groups is 1. The van der Waals surface area contributed by atoms with E-state index in [0.717, 1.165) is 0 Å². The monoisotopic (exact) mass is 239 g/mol. The van der Waals surface area contributed by atoms with Gasteiger partial charge in [0.15, 0.2) is 5.79 Å². The highest BCUT2D eigenvalue weighted by atomic mass is 19.1. The summed E-state index contributed by atoms with van der Waals surface area (Å²) in [6.45, 7) is 6.63. The Bertz CT molecular complexity index is 399. The Morgan fingerprint density at radius 3 is 2.00 bits per heavy atom. The van der Waals surface area contributed by atoms with E-state index < -0.39 is 17.4 Å². The van der Waals surface area contributed by atoms with Crippen LogP contribution in [0.3, 0.4) is 0 Å². The molecule has 0 aliphatic rings. The molecule has 1 atom stereocenters. The van der Waals surface area contributed by atoms with Gasteiger partial charge in [0.1, 0.15) is 5.60 Å². The zero-order chi connectivity index (χ0) is 13.3. The fourth-order valence-electron chi connectivity index (χ4n) is 1.27. The van der Waals surface area contributed by atoms with Gasteiger partial charge in [0, 0.05) is 5.56 Å². The number of halogens is 1. The molecule has 0 saturated heterocycles. The fourth-order valence-corrected chi connectivity index (χ4v) is 1.27. The molecule has 2 N–H and O–H groups in total. The molecule has 4 heteroatoms. The van der Waals surface area contributed by atoms with Crippen molar-refractivity contribution in [1.82, 2.24) is 0 Å². The van der Waals surface area contributed by atoms with Crippen LogP contribution in [0.5, 0.6) is 0 Å². The van der Waals surface area contributed by atoms with Gasteiger partial charge >= 0.3 is 5.97 Å². The Balaban J connectivity index is 2.85. The van der Waals surface area contributed by atoms with E-state index in [4.69, 9.17) is 10.5 Å². The zero-order valence-corrected chi connectivity index (χ0v) is 10.6. The third-order valence-corrected chi connectivity index (χ3v) is 2.08. The molecule has 0 fully saturated rings. The molecule has 0 saturated carbocycles. The average molecular weight is 239 g/mol. The highest BCUT2D eigenvalue weighted by Crippen LogP contribution is 2.20. The van der Waals surface area contributed by atoms with Crippen LogP contribution in [0.2, 0.25) is 0 Å². The highest BCUT2D eigenvalue weighted by molar-refractivity contribution is 5.89. The minimum Gasteiger partial charge on any atom is -0.456 e. The number of alkyl halides is 1. The number of hydrogen-bond donors (Lipinski definition) is 1. The second-order valence-electron chi connectivity index (χ2n) is 5.15. The summed E-state index contributed by atoms with van der Waals surface area (Å²) in [5.41, 5.74) is 5.46. The number of carbonyl (C=O) groups excluding carboxylic acids is 1. The molecule has 1 aromatic carbocycles. The van der Waals surface area contributed by atoms with Crippen molar-refractivity contribution in [1.29, 1.82) is 0 Å². The Labute approximate surface area is 101 Å². The standard InChI is InChI=1S/C13H18FNO2/c1-12(2,3)17-11(16)9-5-7-10(8-6-9)13(4,14)15/h5-8H,15H2,1-4H3. The number of rotatable bonds is 2. The maximum atomic E-state index is 13.4. The lowest BCUT2D eigenvalue weighted by atomic mass is 10.0. The first kappa shape index (κ1) is 13.6. The topological polar surface area (TPSA) is 52.3 Å². The van der Waals surface area contributed by atoms with Crippen LogP contribution in [0.15, 0.2) is 24.3 Å². The van der Waals surface area contributed by atoms with Crippen molar-refractivity contribution in [3.63, 3.8) is 0 Å². The molecule has 1 rings (SSSR count). The maximum Gasteiger partial charge on any atom is 0.338 e. The van der Waals surface area contributed by atoms with Crippen molar-refractivity contribution >= 4 is 5.97 Å². The molecule has 17 heavy (non-hydrogen) atoms. The van der Waals surface area contributed by atoms with Crippen LogP contribution in [-0.4, -0.2) is 11.6 Å². The SMILES string of the molecule is CC(C)(C)OC(=O)c1ccc(C(C)(N)F)cc1. The number of hydrogen-bond acceptors (Lipinski definition) is 3. The molecule has 0 radical (unpaired) electrons. The second-order valence-corrected chi connectivity index (χ2v) is 5.15. The second kappa shape index (κ2) is 4.45. The smallest absolute Gasteiger partial charge is 0.338 e. The minimum atomic E-state index is -1.90. The van der Waals surface area contributed by atoms with E-state index in [9.17, 15) is 9.18 Å². The van der Waals surface area contributed by atoms with Crippen LogP contribution in [0, 0.1) is 0 Å². The third kappa shape index (κ3) is 4.15. The lowest BCUT2D eigenvalue weighted by molar-refractivity contribution is 0.00693. The van der Waals surface area contributed by atoms with E-state index in [1.807, 2.05) is 0 Å². The predicted molar refractivity (Wildman–Crippen MR) is 64.3 cm³/mol. The molecule has 0 amide bonds. The molecule has 94 valence electrons. The van der Waals surface area contributed by atoms with E-state index in [-0.39, 0.29) is 0 Å². The van der Waals surface area contributed by atoms with E-state index >= 15 is 0 Å². The van der Waals surface area contributed by atoms with Gasteiger partial charge in [-0.25, -0.2) is 9.18 Å². The summed E-state index contributed by atoms with van der Waals surface area (Å²) in [5, 5.41) is 0. The van der Waals surface area contributed by atoms with Gasteiger partial charge in [-0.3, -0.25) is 5.73 Å². The predicted octanol–water partition coefficient (Wildman–Crippen LogP) is 2.74. The van der Waals surface area contributed by atoms with E-state index in [0.29, 0.717) is 11.1 Å². The summed E-state index contributed by atoms with van der Waals surface area (Å²) in [4.78, 5) is 11.7. The van der Waals surface area contributed by atoms with Crippen molar-refractivity contribution in [2.45, 2.75) is 39.1 Å². The first-order valence-electron chi connectivity index (χ1n) is 5.41. The first-order chi connectivity index (χ1) is 7.59. The van der Waals surface area contributed by atoms with Gasteiger partial charge in [-0.2, -0.15) is 0 Å². The normalized spacial score (nSPS) is 15.2. The molecule has 0 aromatic heterocycles. The Hall–Kier alpha value is -1.42. The summed E-state index contributed by atoms with van der Waals surface area (Å²) >= 11 is 0. The van der Waals surface area contributed by atoms with Crippen molar-refractivity contribution in [3.05, 3.63) is 35.4 Å². The number of esters is 1. The molecule has 0 bridgehead atoms. The summed E-state index contributed by atoms with van der Waals surface area (Å²) in [6.07, 6.45) is 0. The van der Waals surface area contributed by atoms with Crippen LogP contribution in [0.1, 0.15) is 43.6 Å². The molecule has 3 nitrogen and oxygen atoms in total. The molecule has 0 aliphatic heterocycles. The number of ether oxygens (including phenoxy) is 1. The highest BCUT2D eigenvalue weighted by Gasteiger charge is 2.21. The molecular weight excluding hydrogens is 221 g/mol. The van der Waals surface area contributed by atoms with Gasteiger partial charge in [-0.15, -0.1) is 0 Å². The van der Waals surface area contributed by atoms with E-state index in [1.165, 1.54) is 31.2 Å². The number of benzene rings is 1. The third-order valence-electron chi connectivity index (χ3n) is 2.08. The summed E-state index contributed by atoms with van der Waals surface area (Å²) in [7, 11) is 0. The molecule has 1 aromatic rings. The molecule has 1 unspecified atom stereocenters. The lowest BCUT2D eigenvalue weighted by Gasteiger charge is -2.20. The van der Waals surface area contributed by atoms with Gasteiger partial charge in [-0.1, -0.05) is 12.1 Å². The quantitative estimate of drug-likeness (QED) is 0.637. The summed E-state index contributed by atoms with van der Waals surface area (Å²) < 4.78 is 18.6. The fraction of sp³-hybridized carbons (Fsp3) is 0.462. The van der Waals surface area contributed by atoms with Crippen LogP contribution in [0.4, 0.5) is 4.39 Å². The van der Waals surface area contributed by atoms with Crippen molar-refractivity contribution in [2.24, 2.45) is 5.73 Å². The van der Waals surface area contributed by atoms with Gasteiger partial charge in [0.25, 0.3) is 0 Å². The Morgan fingerprint density at radius 2 is 1.65 bits per heavy atom. The average Bonchev–Trinajstić information content (AvgIpc) is 2.14. The first-order valence-corrected chi connectivity index (χ1v) is 5.41. The van der Waals surface area contributed by atoms with Gasteiger partial charge in [-0.05, 0) is 39.8 Å². The zero-order valence-electron chi connectivity index (χ0n) is 10.6. The Kier molecular flexibility index (Phi) is 3.57. The lowest BCUT2D eigenvalue weighted by Crippen LogP contribution is -2.27. The summed E-state index contributed by atoms with van der Waals surface area (Å²) in [6, 6.07) is 5.99. The van der Waals surface area contributed by atoms with Gasteiger partial charge in [0.05, 0.1) is 5.56 Å². The molecular formula is C13H18FNO2. The summed E-state index contributed by atoms with van der Waals surface area (Å²) in [5.74, 6) is -2.33. The molecule has 0 heterocycles. The minimum absolute atomic E-state index is 0.324. The van der Waals surface area contributed by atoms with Crippen molar-refractivity contribution in [2.75, 3.05) is 0 Å². The molecule has 0 spiro atoms. The maximum absolute atomic E-state index is 13.4. The van der Waals surface area contributed by atoms with Crippen LogP contribution in [-0.2, 0) is 10.5 Å². The van der Waals surface area contributed by atoms with Crippen molar-refractivity contribution in [3.8, 4) is 0 Å². The largest absolute Gasteiger partial charge is 0.456 e. The number of nitrogens with two attached hydrogens (primary N) is 1. The van der Waals surface area contributed by atoms with E-state index in [1.54, 1.807) is 20.8 Å². The van der Waals surface area contributed by atoms with Crippen LogP contribution >= 0.6 is 0 Å². The van der Waals surface area contributed by atoms with Gasteiger partial charge < -0.3 is 4.74 Å².